The lowest BCUT2D eigenvalue weighted by Crippen LogP contribution is -2.27. The molecule has 1 amide bonds. The van der Waals surface area contributed by atoms with Crippen molar-refractivity contribution in [1.82, 2.24) is 15.1 Å². The van der Waals surface area contributed by atoms with Crippen LogP contribution in [0.15, 0.2) is 6.07 Å². The van der Waals surface area contributed by atoms with Crippen molar-refractivity contribution < 1.29 is 4.79 Å². The number of hydrogen-bond acceptors (Lipinski definition) is 2. The van der Waals surface area contributed by atoms with Gasteiger partial charge in [0.2, 0.25) is 5.91 Å². The third-order valence-electron chi connectivity index (χ3n) is 4.00. The number of carbonyl (C=O) groups is 1. The van der Waals surface area contributed by atoms with E-state index in [1.165, 1.54) is 25.7 Å². The van der Waals surface area contributed by atoms with Gasteiger partial charge in [0.15, 0.2) is 0 Å². The highest BCUT2D eigenvalue weighted by Crippen LogP contribution is 2.28. The summed E-state index contributed by atoms with van der Waals surface area (Å²) in [7, 11) is 0. The molecule has 1 aromatic rings. The Labute approximate surface area is 115 Å². The molecule has 0 aromatic carbocycles. The Morgan fingerprint density at radius 3 is 2.79 bits per heavy atom. The molecule has 106 valence electrons. The van der Waals surface area contributed by atoms with Gasteiger partial charge in [-0.15, -0.1) is 0 Å². The molecule has 1 aromatic heterocycles. The Bertz CT molecular complexity index is 419. The zero-order chi connectivity index (χ0) is 13.7. The first-order valence-corrected chi connectivity index (χ1v) is 7.43. The zero-order valence-electron chi connectivity index (χ0n) is 12.1. The van der Waals surface area contributed by atoms with Gasteiger partial charge in [-0.25, -0.2) is 0 Å². The highest BCUT2D eigenvalue weighted by atomic mass is 16.1. The van der Waals surface area contributed by atoms with E-state index in [4.69, 9.17) is 0 Å². The number of rotatable bonds is 6. The van der Waals surface area contributed by atoms with Gasteiger partial charge >= 0.3 is 0 Å². The fourth-order valence-corrected chi connectivity index (χ4v) is 2.93. The van der Waals surface area contributed by atoms with Crippen molar-refractivity contribution in [3.63, 3.8) is 0 Å². The first kappa shape index (κ1) is 14.1. The third kappa shape index (κ3) is 4.37. The second-order valence-electron chi connectivity index (χ2n) is 5.69. The minimum atomic E-state index is 0.188. The summed E-state index contributed by atoms with van der Waals surface area (Å²) in [5, 5.41) is 7.37. The molecule has 1 heterocycles. The predicted octanol–water partition coefficient (Wildman–Crippen LogP) is 2.59. The largest absolute Gasteiger partial charge is 0.354 e. The van der Waals surface area contributed by atoms with Crippen LogP contribution in [0.3, 0.4) is 0 Å². The van der Waals surface area contributed by atoms with Crippen molar-refractivity contribution in [2.24, 2.45) is 5.92 Å². The van der Waals surface area contributed by atoms with Gasteiger partial charge < -0.3 is 5.32 Å². The van der Waals surface area contributed by atoms with Gasteiger partial charge in [-0.2, -0.15) is 5.10 Å². The van der Waals surface area contributed by atoms with E-state index in [1.807, 2.05) is 18.5 Å². The fourth-order valence-electron chi connectivity index (χ4n) is 2.93. The molecule has 4 nitrogen and oxygen atoms in total. The van der Waals surface area contributed by atoms with Gasteiger partial charge in [-0.05, 0) is 32.3 Å². The van der Waals surface area contributed by atoms with E-state index >= 15 is 0 Å². The van der Waals surface area contributed by atoms with Crippen molar-refractivity contribution in [3.8, 4) is 0 Å². The second-order valence-corrected chi connectivity index (χ2v) is 5.69. The zero-order valence-corrected chi connectivity index (χ0v) is 12.1. The molecule has 0 aliphatic heterocycles. The molecule has 0 bridgehead atoms. The van der Waals surface area contributed by atoms with Crippen LogP contribution in [-0.4, -0.2) is 22.2 Å². The summed E-state index contributed by atoms with van der Waals surface area (Å²) >= 11 is 0. The molecule has 19 heavy (non-hydrogen) atoms. The number of nitrogens with one attached hydrogen (secondary N) is 1. The van der Waals surface area contributed by atoms with E-state index in [9.17, 15) is 4.79 Å². The van der Waals surface area contributed by atoms with Crippen LogP contribution in [0, 0.1) is 19.8 Å². The lowest BCUT2D eigenvalue weighted by atomic mass is 10.0. The molecule has 0 unspecified atom stereocenters. The SMILES string of the molecule is Cc1cc(C)n(CCNC(=O)CCC2CCCC2)n1. The fraction of sp³-hybridized carbons (Fsp3) is 0.733. The summed E-state index contributed by atoms with van der Waals surface area (Å²) < 4.78 is 1.95. The Morgan fingerprint density at radius 2 is 2.16 bits per heavy atom. The van der Waals surface area contributed by atoms with Gasteiger partial charge in [0, 0.05) is 18.7 Å². The molecular weight excluding hydrogens is 238 g/mol. The van der Waals surface area contributed by atoms with Crippen LogP contribution in [0.25, 0.3) is 0 Å². The summed E-state index contributed by atoms with van der Waals surface area (Å²) in [4.78, 5) is 11.7. The number of hydrogen-bond donors (Lipinski definition) is 1. The summed E-state index contributed by atoms with van der Waals surface area (Å²) in [5.41, 5.74) is 2.18. The minimum absolute atomic E-state index is 0.188. The van der Waals surface area contributed by atoms with E-state index in [0.29, 0.717) is 13.0 Å². The van der Waals surface area contributed by atoms with Gasteiger partial charge in [0.05, 0.1) is 12.2 Å². The molecule has 0 saturated heterocycles. The standard InChI is InChI=1S/C15H25N3O/c1-12-11-13(2)18(17-12)10-9-16-15(19)8-7-14-5-3-4-6-14/h11,14H,3-10H2,1-2H3,(H,16,19). The van der Waals surface area contributed by atoms with Crippen molar-refractivity contribution in [3.05, 3.63) is 17.5 Å². The average Bonchev–Trinajstić information content (AvgIpc) is 2.97. The number of aromatic nitrogens is 2. The Morgan fingerprint density at radius 1 is 1.42 bits per heavy atom. The van der Waals surface area contributed by atoms with Gasteiger partial charge in [-0.3, -0.25) is 9.48 Å². The quantitative estimate of drug-likeness (QED) is 0.857. The van der Waals surface area contributed by atoms with Gasteiger partial charge in [-0.1, -0.05) is 25.7 Å². The Hall–Kier alpha value is -1.32. The van der Waals surface area contributed by atoms with E-state index in [2.05, 4.69) is 16.5 Å². The average molecular weight is 263 g/mol. The van der Waals surface area contributed by atoms with Crippen LogP contribution in [0.5, 0.6) is 0 Å². The molecule has 4 heteroatoms. The van der Waals surface area contributed by atoms with Crippen LogP contribution in [0.4, 0.5) is 0 Å². The molecule has 2 rings (SSSR count). The lowest BCUT2D eigenvalue weighted by Gasteiger charge is -2.09. The Kier molecular flexibility index (Phi) is 5.00. The molecular formula is C15H25N3O. The second kappa shape index (κ2) is 6.73. The topological polar surface area (TPSA) is 46.9 Å². The third-order valence-corrected chi connectivity index (χ3v) is 4.00. The van der Waals surface area contributed by atoms with E-state index in [1.54, 1.807) is 0 Å². The number of amides is 1. The predicted molar refractivity (Wildman–Crippen MR) is 75.9 cm³/mol. The van der Waals surface area contributed by atoms with Crippen molar-refractivity contribution in [2.75, 3.05) is 6.54 Å². The summed E-state index contributed by atoms with van der Waals surface area (Å²) in [5.74, 6) is 0.982. The maximum atomic E-state index is 11.7. The summed E-state index contributed by atoms with van der Waals surface area (Å²) in [6.45, 7) is 5.46. The van der Waals surface area contributed by atoms with E-state index in [0.717, 1.165) is 30.3 Å². The van der Waals surface area contributed by atoms with Crippen molar-refractivity contribution in [1.29, 1.82) is 0 Å². The molecule has 1 saturated carbocycles. The van der Waals surface area contributed by atoms with Crippen LogP contribution < -0.4 is 5.32 Å². The maximum absolute atomic E-state index is 11.7. The van der Waals surface area contributed by atoms with Crippen molar-refractivity contribution in [2.45, 2.75) is 58.9 Å². The molecule has 1 aliphatic carbocycles. The van der Waals surface area contributed by atoms with Crippen molar-refractivity contribution >= 4 is 5.91 Å². The van der Waals surface area contributed by atoms with Crippen LogP contribution in [0.1, 0.15) is 49.9 Å². The van der Waals surface area contributed by atoms with E-state index in [-0.39, 0.29) is 5.91 Å². The highest BCUT2D eigenvalue weighted by Gasteiger charge is 2.15. The maximum Gasteiger partial charge on any atom is 0.220 e. The highest BCUT2D eigenvalue weighted by molar-refractivity contribution is 5.75. The minimum Gasteiger partial charge on any atom is -0.354 e. The lowest BCUT2D eigenvalue weighted by molar-refractivity contribution is -0.121. The first-order valence-electron chi connectivity index (χ1n) is 7.43. The van der Waals surface area contributed by atoms with Gasteiger partial charge in [0.25, 0.3) is 0 Å². The summed E-state index contributed by atoms with van der Waals surface area (Å²) in [6.07, 6.45) is 7.08. The Balaban J connectivity index is 1.62. The van der Waals surface area contributed by atoms with Crippen LogP contribution >= 0.6 is 0 Å². The van der Waals surface area contributed by atoms with E-state index < -0.39 is 0 Å². The molecule has 1 fully saturated rings. The van der Waals surface area contributed by atoms with Gasteiger partial charge in [0.1, 0.15) is 0 Å². The molecule has 0 atom stereocenters. The number of nitrogens with zero attached hydrogens (tertiary/aromatic N) is 2. The summed E-state index contributed by atoms with van der Waals surface area (Å²) in [6, 6.07) is 2.06. The molecule has 0 spiro atoms. The number of carbonyl (C=O) groups excluding carboxylic acids is 1. The number of aryl methyl sites for hydroxylation is 2. The normalized spacial score (nSPS) is 15.9. The molecule has 1 N–H and O–H groups in total. The van der Waals surface area contributed by atoms with Crippen LogP contribution in [-0.2, 0) is 11.3 Å². The van der Waals surface area contributed by atoms with Crippen LogP contribution in [0.2, 0.25) is 0 Å². The monoisotopic (exact) mass is 263 g/mol. The smallest absolute Gasteiger partial charge is 0.220 e. The molecule has 0 radical (unpaired) electrons. The first-order chi connectivity index (χ1) is 9.15. The molecule has 1 aliphatic rings.